The molecule has 0 radical (unpaired) electrons. The molecule has 0 fully saturated rings. The molecule has 21 heavy (non-hydrogen) atoms. The Morgan fingerprint density at radius 3 is 2.67 bits per heavy atom. The van der Waals surface area contributed by atoms with Crippen molar-refractivity contribution < 1.29 is 19.4 Å². The Labute approximate surface area is 129 Å². The van der Waals surface area contributed by atoms with E-state index in [1.54, 1.807) is 18.2 Å². The van der Waals surface area contributed by atoms with Crippen LogP contribution in [0.5, 0.6) is 5.75 Å². The molecule has 2 N–H and O–H groups in total. The number of Topliss-reactive ketones (excluding diaryl/α,β-unsaturated/α-hetero) is 1. The number of ketones is 1. The number of methoxy groups -OCH3 is 1. The number of benzene rings is 1. The molecule has 1 aromatic heterocycles. The molecule has 1 aromatic carbocycles. The van der Waals surface area contributed by atoms with Crippen LogP contribution in [0.25, 0.3) is 0 Å². The lowest BCUT2D eigenvalue weighted by molar-refractivity contribution is 0.0687. The highest BCUT2D eigenvalue weighted by Gasteiger charge is 2.21. The first kappa shape index (κ1) is 15.3. The fourth-order valence-corrected chi connectivity index (χ4v) is 2.69. The van der Waals surface area contributed by atoms with Crippen molar-refractivity contribution in [2.75, 3.05) is 12.4 Å². The quantitative estimate of drug-likeness (QED) is 0.818. The second kappa shape index (κ2) is 6.11. The Hall–Kier alpha value is -2.12. The molecule has 0 atom stereocenters. The number of carbonyl (C=O) groups is 2. The molecule has 0 bridgehead atoms. The van der Waals surface area contributed by atoms with E-state index in [9.17, 15) is 9.59 Å². The van der Waals surface area contributed by atoms with Crippen molar-refractivity contribution in [2.45, 2.75) is 6.92 Å². The van der Waals surface area contributed by atoms with E-state index in [4.69, 9.17) is 21.4 Å². The fraction of sp³-hybridized carbons (Fsp3) is 0.154. The minimum Gasteiger partial charge on any atom is -0.495 e. The van der Waals surface area contributed by atoms with Crippen LogP contribution in [0.2, 0.25) is 5.02 Å². The molecule has 1 heterocycles. The number of thiazole rings is 1. The minimum atomic E-state index is -1.25. The molecule has 0 aliphatic carbocycles. The van der Waals surface area contributed by atoms with Crippen LogP contribution in [0.3, 0.4) is 0 Å². The number of hydrogen-bond donors (Lipinski definition) is 2. The summed E-state index contributed by atoms with van der Waals surface area (Å²) in [6.07, 6.45) is 0. The van der Waals surface area contributed by atoms with Crippen molar-refractivity contribution in [3.05, 3.63) is 33.8 Å². The number of carbonyl (C=O) groups excluding carboxylic acids is 1. The smallest absolute Gasteiger partial charge is 0.356 e. The number of aromatic nitrogens is 1. The average Bonchev–Trinajstić information content (AvgIpc) is 2.83. The molecule has 0 saturated carbocycles. The van der Waals surface area contributed by atoms with E-state index in [-0.39, 0.29) is 21.5 Å². The summed E-state index contributed by atoms with van der Waals surface area (Å²) in [5.41, 5.74) is 0.266. The predicted octanol–water partition coefficient (Wildman–Crippen LogP) is 3.45. The maximum absolute atomic E-state index is 11.4. The van der Waals surface area contributed by atoms with Gasteiger partial charge in [0.2, 0.25) is 0 Å². The number of aromatic carboxylic acids is 1. The van der Waals surface area contributed by atoms with Crippen LogP contribution >= 0.6 is 22.9 Å². The third-order valence-corrected chi connectivity index (χ3v) is 3.86. The lowest BCUT2D eigenvalue weighted by Gasteiger charge is -2.09. The number of hydrogen-bond acceptors (Lipinski definition) is 6. The summed E-state index contributed by atoms with van der Waals surface area (Å²) < 4.78 is 5.18. The van der Waals surface area contributed by atoms with E-state index in [1.807, 2.05) is 0 Å². The number of carboxylic acids is 1. The first-order chi connectivity index (χ1) is 9.92. The number of carboxylic acid groups (broad SMARTS) is 1. The van der Waals surface area contributed by atoms with E-state index in [1.165, 1.54) is 14.0 Å². The van der Waals surface area contributed by atoms with Crippen molar-refractivity contribution in [2.24, 2.45) is 0 Å². The van der Waals surface area contributed by atoms with E-state index in [2.05, 4.69) is 10.3 Å². The maximum atomic E-state index is 11.4. The third-order valence-electron chi connectivity index (χ3n) is 2.55. The SMILES string of the molecule is COc1ccc(Cl)cc1Nc1nc(C(=O)O)c(C(C)=O)s1. The normalized spacial score (nSPS) is 10.2. The monoisotopic (exact) mass is 326 g/mol. The molecule has 2 aromatic rings. The zero-order valence-corrected chi connectivity index (χ0v) is 12.7. The molecule has 0 aliphatic rings. The first-order valence-corrected chi connectivity index (χ1v) is 6.97. The Morgan fingerprint density at radius 2 is 2.14 bits per heavy atom. The fourth-order valence-electron chi connectivity index (χ4n) is 1.65. The van der Waals surface area contributed by atoms with Gasteiger partial charge >= 0.3 is 5.97 Å². The second-order valence-electron chi connectivity index (χ2n) is 4.03. The van der Waals surface area contributed by atoms with Gasteiger partial charge in [-0.3, -0.25) is 4.79 Å². The van der Waals surface area contributed by atoms with Crippen molar-refractivity contribution in [1.29, 1.82) is 0 Å². The predicted molar refractivity (Wildman–Crippen MR) is 80.4 cm³/mol. The van der Waals surface area contributed by atoms with Gasteiger partial charge in [0.05, 0.1) is 12.8 Å². The molecular weight excluding hydrogens is 316 g/mol. The van der Waals surface area contributed by atoms with Gasteiger partial charge in [0.25, 0.3) is 0 Å². The first-order valence-electron chi connectivity index (χ1n) is 5.78. The van der Waals surface area contributed by atoms with E-state index in [0.29, 0.717) is 16.5 Å². The van der Waals surface area contributed by atoms with Crippen LogP contribution in [0, 0.1) is 0 Å². The van der Waals surface area contributed by atoms with Crippen LogP contribution in [0.4, 0.5) is 10.8 Å². The molecule has 0 saturated heterocycles. The minimum absolute atomic E-state index is 0.0889. The Morgan fingerprint density at radius 1 is 1.43 bits per heavy atom. The summed E-state index contributed by atoms with van der Waals surface area (Å²) in [5, 5.41) is 12.7. The zero-order chi connectivity index (χ0) is 15.6. The molecule has 0 amide bonds. The topological polar surface area (TPSA) is 88.5 Å². The van der Waals surface area contributed by atoms with Crippen molar-refractivity contribution in [1.82, 2.24) is 4.98 Å². The van der Waals surface area contributed by atoms with Crippen molar-refractivity contribution in [3.63, 3.8) is 0 Å². The number of anilines is 2. The number of ether oxygens (including phenoxy) is 1. The van der Waals surface area contributed by atoms with Crippen LogP contribution in [0.1, 0.15) is 27.1 Å². The van der Waals surface area contributed by atoms with Gasteiger partial charge in [-0.15, -0.1) is 0 Å². The highest BCUT2D eigenvalue weighted by molar-refractivity contribution is 7.17. The summed E-state index contributed by atoms with van der Waals surface area (Å²) in [4.78, 5) is 26.5. The van der Waals surface area contributed by atoms with E-state index in [0.717, 1.165) is 11.3 Å². The molecule has 8 heteroatoms. The summed E-state index contributed by atoms with van der Waals surface area (Å²) in [7, 11) is 1.50. The standard InChI is InChI=1S/C13H11ClN2O4S/c1-6(17)11-10(12(18)19)16-13(21-11)15-8-5-7(14)3-4-9(8)20-2/h3-5H,1-2H3,(H,15,16)(H,18,19). The van der Waals surface area contributed by atoms with Gasteiger partial charge in [-0.25, -0.2) is 9.78 Å². The Balaban J connectivity index is 2.40. The maximum Gasteiger partial charge on any atom is 0.356 e. The molecule has 6 nitrogen and oxygen atoms in total. The average molecular weight is 327 g/mol. The Kier molecular flexibility index (Phi) is 4.44. The highest BCUT2D eigenvalue weighted by Crippen LogP contribution is 2.33. The van der Waals surface area contributed by atoms with Gasteiger partial charge in [-0.05, 0) is 18.2 Å². The molecule has 0 spiro atoms. The lowest BCUT2D eigenvalue weighted by atomic mass is 10.3. The van der Waals surface area contributed by atoms with Crippen molar-refractivity contribution in [3.8, 4) is 5.75 Å². The Bertz CT molecular complexity index is 683. The van der Waals surface area contributed by atoms with Gasteiger partial charge in [-0.1, -0.05) is 22.9 Å². The van der Waals surface area contributed by atoms with Gasteiger partial charge in [-0.2, -0.15) is 0 Å². The van der Waals surface area contributed by atoms with E-state index >= 15 is 0 Å². The largest absolute Gasteiger partial charge is 0.495 e. The van der Waals surface area contributed by atoms with Crippen LogP contribution in [-0.2, 0) is 0 Å². The number of nitrogens with one attached hydrogen (secondary N) is 1. The number of nitrogens with zero attached hydrogens (tertiary/aromatic N) is 1. The van der Waals surface area contributed by atoms with Crippen LogP contribution in [0.15, 0.2) is 18.2 Å². The van der Waals surface area contributed by atoms with E-state index < -0.39 is 5.97 Å². The number of rotatable bonds is 5. The summed E-state index contributed by atoms with van der Waals surface area (Å²) in [5.74, 6) is -1.07. The summed E-state index contributed by atoms with van der Waals surface area (Å²) in [6.45, 7) is 1.30. The third kappa shape index (κ3) is 3.32. The lowest BCUT2D eigenvalue weighted by Crippen LogP contribution is -2.03. The van der Waals surface area contributed by atoms with Gasteiger partial charge in [0, 0.05) is 11.9 Å². The van der Waals surface area contributed by atoms with Crippen LogP contribution < -0.4 is 10.1 Å². The molecule has 0 unspecified atom stereocenters. The molecule has 0 aliphatic heterocycles. The van der Waals surface area contributed by atoms with Gasteiger partial charge in [0.15, 0.2) is 16.6 Å². The van der Waals surface area contributed by atoms with Crippen molar-refractivity contribution >= 4 is 45.5 Å². The summed E-state index contributed by atoms with van der Waals surface area (Å²) in [6, 6.07) is 4.95. The second-order valence-corrected chi connectivity index (χ2v) is 5.46. The zero-order valence-electron chi connectivity index (χ0n) is 11.1. The number of halogens is 1. The van der Waals surface area contributed by atoms with Gasteiger partial charge in [0.1, 0.15) is 10.6 Å². The summed E-state index contributed by atoms with van der Waals surface area (Å²) >= 11 is 6.88. The van der Waals surface area contributed by atoms with Gasteiger partial charge < -0.3 is 15.2 Å². The van der Waals surface area contributed by atoms with Crippen LogP contribution in [-0.4, -0.2) is 29.0 Å². The molecular formula is C13H11ClN2O4S. The highest BCUT2D eigenvalue weighted by atomic mass is 35.5. The molecule has 2 rings (SSSR count). The molecule has 110 valence electrons.